The highest BCUT2D eigenvalue weighted by atomic mass is 35.5. The molecule has 0 radical (unpaired) electrons. The molecule has 0 fully saturated rings. The SMILES string of the molecule is CC1=C(C#N)C(=O)N(CC(C)C)C(=O)/C1=C/c1ccc(OCc2ccccc2Cl)cc1. The molecule has 1 aliphatic rings. The van der Waals surface area contributed by atoms with Crippen LogP contribution in [0.1, 0.15) is 31.9 Å². The van der Waals surface area contributed by atoms with Crippen molar-refractivity contribution in [1.29, 1.82) is 5.26 Å². The van der Waals surface area contributed by atoms with Gasteiger partial charge < -0.3 is 4.74 Å². The molecule has 2 aromatic rings. The van der Waals surface area contributed by atoms with E-state index in [-0.39, 0.29) is 23.9 Å². The Balaban J connectivity index is 1.83. The third-order valence-electron chi connectivity index (χ3n) is 4.92. The number of benzene rings is 2. The van der Waals surface area contributed by atoms with Crippen LogP contribution in [0.5, 0.6) is 5.75 Å². The number of hydrogen-bond acceptors (Lipinski definition) is 4. The molecule has 5 nitrogen and oxygen atoms in total. The summed E-state index contributed by atoms with van der Waals surface area (Å²) >= 11 is 6.15. The molecule has 0 N–H and O–H groups in total. The Hall–Kier alpha value is -3.36. The van der Waals surface area contributed by atoms with Gasteiger partial charge in [0, 0.05) is 22.7 Å². The molecule has 0 bridgehead atoms. The largest absolute Gasteiger partial charge is 0.489 e. The van der Waals surface area contributed by atoms with Crippen molar-refractivity contribution in [3.8, 4) is 11.8 Å². The van der Waals surface area contributed by atoms with E-state index in [4.69, 9.17) is 16.3 Å². The topological polar surface area (TPSA) is 70.4 Å². The minimum Gasteiger partial charge on any atom is -0.489 e. The number of nitrogens with zero attached hydrogens (tertiary/aromatic N) is 2. The molecule has 3 rings (SSSR count). The molecular weight excluding hydrogens is 412 g/mol. The second-order valence-corrected chi connectivity index (χ2v) is 8.14. The molecule has 0 saturated carbocycles. The van der Waals surface area contributed by atoms with E-state index < -0.39 is 5.91 Å². The van der Waals surface area contributed by atoms with Crippen molar-refractivity contribution in [3.63, 3.8) is 0 Å². The van der Waals surface area contributed by atoms with Crippen LogP contribution in [0.2, 0.25) is 5.02 Å². The van der Waals surface area contributed by atoms with Gasteiger partial charge in [0.05, 0.1) is 0 Å². The lowest BCUT2D eigenvalue weighted by Crippen LogP contribution is -2.44. The van der Waals surface area contributed by atoms with Crippen LogP contribution >= 0.6 is 11.6 Å². The molecule has 0 aromatic heterocycles. The van der Waals surface area contributed by atoms with E-state index in [2.05, 4.69) is 0 Å². The van der Waals surface area contributed by atoms with Crippen molar-refractivity contribution in [2.45, 2.75) is 27.4 Å². The van der Waals surface area contributed by atoms with Crippen LogP contribution in [0.15, 0.2) is 65.3 Å². The second-order valence-electron chi connectivity index (χ2n) is 7.73. The van der Waals surface area contributed by atoms with E-state index in [9.17, 15) is 14.9 Å². The molecule has 2 aromatic carbocycles. The first-order valence-electron chi connectivity index (χ1n) is 9.97. The Kier molecular flexibility index (Phi) is 6.94. The number of imide groups is 1. The molecular formula is C25H23ClN2O3. The number of hydrogen-bond donors (Lipinski definition) is 0. The molecule has 0 aliphatic carbocycles. The molecule has 158 valence electrons. The van der Waals surface area contributed by atoms with Crippen LogP contribution in [-0.2, 0) is 16.2 Å². The third kappa shape index (κ3) is 5.04. The maximum Gasteiger partial charge on any atom is 0.271 e. The van der Waals surface area contributed by atoms with Crippen molar-refractivity contribution < 1.29 is 14.3 Å². The Bertz CT molecular complexity index is 1110. The van der Waals surface area contributed by atoms with E-state index >= 15 is 0 Å². The van der Waals surface area contributed by atoms with Crippen LogP contribution in [0.4, 0.5) is 0 Å². The van der Waals surface area contributed by atoms with Crippen molar-refractivity contribution in [3.05, 3.63) is 81.4 Å². The van der Waals surface area contributed by atoms with Gasteiger partial charge in [-0.05, 0) is 48.3 Å². The molecule has 0 unspecified atom stereocenters. The van der Waals surface area contributed by atoms with Crippen molar-refractivity contribution in [2.24, 2.45) is 5.92 Å². The number of carbonyl (C=O) groups excluding carboxylic acids is 2. The Morgan fingerprint density at radius 1 is 1.10 bits per heavy atom. The Morgan fingerprint density at radius 2 is 1.77 bits per heavy atom. The monoisotopic (exact) mass is 434 g/mol. The lowest BCUT2D eigenvalue weighted by molar-refractivity contribution is -0.141. The zero-order chi connectivity index (χ0) is 22.5. The summed E-state index contributed by atoms with van der Waals surface area (Å²) in [7, 11) is 0. The number of amides is 2. The normalized spacial score (nSPS) is 15.6. The summed E-state index contributed by atoms with van der Waals surface area (Å²) < 4.78 is 5.79. The fourth-order valence-corrected chi connectivity index (χ4v) is 3.45. The van der Waals surface area contributed by atoms with Crippen LogP contribution in [0.3, 0.4) is 0 Å². The highest BCUT2D eigenvalue weighted by Crippen LogP contribution is 2.28. The van der Waals surface area contributed by atoms with Gasteiger partial charge in [-0.25, -0.2) is 0 Å². The van der Waals surface area contributed by atoms with E-state index in [1.54, 1.807) is 25.1 Å². The first kappa shape index (κ1) is 22.3. The molecule has 0 atom stereocenters. The van der Waals surface area contributed by atoms with Crippen LogP contribution < -0.4 is 4.74 Å². The third-order valence-corrected chi connectivity index (χ3v) is 5.29. The van der Waals surface area contributed by atoms with Crippen LogP contribution in [-0.4, -0.2) is 23.3 Å². The standard InChI is InChI=1S/C25H23ClN2O3/c1-16(2)14-28-24(29)21(17(3)22(13-27)25(28)30)12-18-8-10-20(11-9-18)31-15-19-6-4-5-7-23(19)26/h4-12,16H,14-15H2,1-3H3/b21-12+. The molecule has 0 spiro atoms. The summed E-state index contributed by atoms with van der Waals surface area (Å²) in [5.74, 6) is -0.144. The van der Waals surface area contributed by atoms with Gasteiger partial charge in [0.15, 0.2) is 0 Å². The molecule has 1 aliphatic heterocycles. The predicted molar refractivity (Wildman–Crippen MR) is 120 cm³/mol. The van der Waals surface area contributed by atoms with Crippen molar-refractivity contribution in [1.82, 2.24) is 4.90 Å². The van der Waals surface area contributed by atoms with Gasteiger partial charge in [-0.2, -0.15) is 5.26 Å². The average Bonchev–Trinajstić information content (AvgIpc) is 2.75. The van der Waals surface area contributed by atoms with E-state index in [1.807, 2.05) is 56.3 Å². The van der Waals surface area contributed by atoms with Gasteiger partial charge >= 0.3 is 0 Å². The fraction of sp³-hybridized carbons (Fsp3) is 0.240. The smallest absolute Gasteiger partial charge is 0.271 e. The zero-order valence-electron chi connectivity index (χ0n) is 17.7. The summed E-state index contributed by atoms with van der Waals surface area (Å²) in [5.41, 5.74) is 2.41. The number of nitriles is 1. The maximum atomic E-state index is 13.0. The summed E-state index contributed by atoms with van der Waals surface area (Å²) in [6.45, 7) is 6.08. The molecule has 0 saturated heterocycles. The van der Waals surface area contributed by atoms with Gasteiger partial charge in [-0.3, -0.25) is 14.5 Å². The highest BCUT2D eigenvalue weighted by Gasteiger charge is 2.35. The van der Waals surface area contributed by atoms with Crippen LogP contribution in [0, 0.1) is 17.2 Å². The number of ether oxygens (including phenoxy) is 1. The zero-order valence-corrected chi connectivity index (χ0v) is 18.4. The first-order chi connectivity index (χ1) is 14.8. The summed E-state index contributed by atoms with van der Waals surface area (Å²) in [5, 5.41) is 10.1. The van der Waals surface area contributed by atoms with Gasteiger partial charge in [0.2, 0.25) is 0 Å². The van der Waals surface area contributed by atoms with Crippen LogP contribution in [0.25, 0.3) is 6.08 Å². The predicted octanol–water partition coefficient (Wildman–Crippen LogP) is 5.17. The Labute approximate surface area is 187 Å². The lowest BCUT2D eigenvalue weighted by atomic mass is 9.93. The van der Waals surface area contributed by atoms with Crippen molar-refractivity contribution >= 4 is 29.5 Å². The van der Waals surface area contributed by atoms with E-state index in [0.29, 0.717) is 28.5 Å². The summed E-state index contributed by atoms with van der Waals surface area (Å²) in [6, 6.07) is 16.7. The highest BCUT2D eigenvalue weighted by molar-refractivity contribution is 6.31. The minimum atomic E-state index is -0.529. The van der Waals surface area contributed by atoms with Crippen molar-refractivity contribution in [2.75, 3.05) is 6.54 Å². The second kappa shape index (κ2) is 9.63. The van der Waals surface area contributed by atoms with Gasteiger partial charge in [-0.1, -0.05) is 55.8 Å². The minimum absolute atomic E-state index is 0.00573. The maximum absolute atomic E-state index is 13.0. The number of carbonyl (C=O) groups is 2. The summed E-state index contributed by atoms with van der Waals surface area (Å²) in [4.78, 5) is 26.7. The van der Waals surface area contributed by atoms with Gasteiger partial charge in [0.1, 0.15) is 24.0 Å². The van der Waals surface area contributed by atoms with Gasteiger partial charge in [-0.15, -0.1) is 0 Å². The fourth-order valence-electron chi connectivity index (χ4n) is 3.26. The average molecular weight is 435 g/mol. The van der Waals surface area contributed by atoms with Gasteiger partial charge in [0.25, 0.3) is 11.8 Å². The van der Waals surface area contributed by atoms with E-state index in [0.717, 1.165) is 16.0 Å². The van der Waals surface area contributed by atoms with E-state index in [1.165, 1.54) is 0 Å². The molecule has 31 heavy (non-hydrogen) atoms. The molecule has 2 amide bonds. The quantitative estimate of drug-likeness (QED) is 0.464. The summed E-state index contributed by atoms with van der Waals surface area (Å²) in [6.07, 6.45) is 1.70. The number of rotatable bonds is 6. The number of halogens is 1. The first-order valence-corrected chi connectivity index (χ1v) is 10.3. The lowest BCUT2D eigenvalue weighted by Gasteiger charge is -2.28. The molecule has 6 heteroatoms. The Morgan fingerprint density at radius 3 is 2.39 bits per heavy atom. The molecule has 1 heterocycles.